The van der Waals surface area contributed by atoms with Crippen molar-refractivity contribution in [3.05, 3.63) is 75.0 Å². The zero-order chi connectivity index (χ0) is 15.5. The van der Waals surface area contributed by atoms with Crippen LogP contribution in [0.4, 0.5) is 5.69 Å². The van der Waals surface area contributed by atoms with Gasteiger partial charge in [0.1, 0.15) is 0 Å². The van der Waals surface area contributed by atoms with E-state index in [2.05, 4.69) is 10.1 Å². The number of nitrogens with one attached hydrogen (secondary N) is 1. The molecule has 2 aromatic carbocycles. The molecule has 0 aliphatic carbocycles. The third-order valence-electron chi connectivity index (χ3n) is 3.22. The fraction of sp³-hybridized carbons (Fsp3) is 0.0667. The number of benzene rings is 2. The third-order valence-corrected chi connectivity index (χ3v) is 3.53. The molecule has 0 radical (unpaired) electrons. The Morgan fingerprint density at radius 1 is 1.14 bits per heavy atom. The second kappa shape index (κ2) is 5.90. The molecule has 0 saturated carbocycles. The van der Waals surface area contributed by atoms with Gasteiger partial charge < -0.3 is 0 Å². The SMILES string of the molecule is O=[N+]([O-])c1ccccc1-c1nc(=S)n(Cc2ccccc2)[nH]1. The molecule has 0 unspecified atom stereocenters. The van der Waals surface area contributed by atoms with E-state index in [0.29, 0.717) is 22.7 Å². The summed E-state index contributed by atoms with van der Waals surface area (Å²) in [7, 11) is 0. The molecule has 0 bridgehead atoms. The van der Waals surface area contributed by atoms with Crippen LogP contribution in [-0.2, 0) is 6.54 Å². The van der Waals surface area contributed by atoms with Crippen LogP contribution < -0.4 is 0 Å². The van der Waals surface area contributed by atoms with Crippen LogP contribution in [0.15, 0.2) is 54.6 Å². The Bertz CT molecular complexity index is 871. The van der Waals surface area contributed by atoms with Crippen molar-refractivity contribution in [2.24, 2.45) is 0 Å². The van der Waals surface area contributed by atoms with Crippen LogP contribution >= 0.6 is 12.2 Å². The molecular weight excluding hydrogens is 300 g/mol. The fourth-order valence-electron chi connectivity index (χ4n) is 2.18. The smallest absolute Gasteiger partial charge is 0.279 e. The highest BCUT2D eigenvalue weighted by Gasteiger charge is 2.17. The lowest BCUT2D eigenvalue weighted by Gasteiger charge is -2.02. The largest absolute Gasteiger partial charge is 0.280 e. The number of hydrogen-bond acceptors (Lipinski definition) is 4. The lowest BCUT2D eigenvalue weighted by atomic mass is 10.2. The first kappa shape index (κ1) is 14.2. The zero-order valence-corrected chi connectivity index (χ0v) is 12.3. The topological polar surface area (TPSA) is 76.8 Å². The summed E-state index contributed by atoms with van der Waals surface area (Å²) in [6, 6.07) is 16.2. The summed E-state index contributed by atoms with van der Waals surface area (Å²) >= 11 is 5.23. The van der Waals surface area contributed by atoms with Crippen molar-refractivity contribution in [3.8, 4) is 11.4 Å². The predicted octanol–water partition coefficient (Wildman–Crippen LogP) is 3.56. The zero-order valence-electron chi connectivity index (χ0n) is 11.5. The van der Waals surface area contributed by atoms with E-state index in [-0.39, 0.29) is 5.69 Å². The van der Waals surface area contributed by atoms with Crippen LogP contribution in [0.25, 0.3) is 11.4 Å². The number of aromatic nitrogens is 3. The number of para-hydroxylation sites is 1. The molecule has 0 amide bonds. The lowest BCUT2D eigenvalue weighted by Crippen LogP contribution is -2.02. The molecule has 1 aromatic heterocycles. The molecule has 7 heteroatoms. The minimum Gasteiger partial charge on any atom is -0.279 e. The van der Waals surface area contributed by atoms with Crippen molar-refractivity contribution in [2.75, 3.05) is 0 Å². The minimum absolute atomic E-state index is 0.00175. The first-order valence-corrected chi connectivity index (χ1v) is 7.00. The summed E-state index contributed by atoms with van der Waals surface area (Å²) in [6.07, 6.45) is 0. The Hall–Kier alpha value is -2.80. The van der Waals surface area contributed by atoms with Gasteiger partial charge in [-0.05, 0) is 23.8 Å². The summed E-state index contributed by atoms with van der Waals surface area (Å²) in [6.45, 7) is 0.535. The van der Waals surface area contributed by atoms with Crippen LogP contribution in [0.5, 0.6) is 0 Å². The van der Waals surface area contributed by atoms with Gasteiger partial charge in [-0.3, -0.25) is 19.9 Å². The van der Waals surface area contributed by atoms with Gasteiger partial charge in [-0.15, -0.1) is 0 Å². The van der Waals surface area contributed by atoms with Crippen LogP contribution in [0.1, 0.15) is 5.56 Å². The van der Waals surface area contributed by atoms with Gasteiger partial charge in [0, 0.05) is 6.07 Å². The van der Waals surface area contributed by atoms with Gasteiger partial charge in [0.05, 0.1) is 17.0 Å². The average molecular weight is 312 g/mol. The second-order valence-corrected chi connectivity index (χ2v) is 5.07. The van der Waals surface area contributed by atoms with Crippen LogP contribution in [0, 0.1) is 14.9 Å². The molecule has 0 aliphatic rings. The first-order valence-electron chi connectivity index (χ1n) is 6.60. The predicted molar refractivity (Wildman–Crippen MR) is 85.0 cm³/mol. The number of hydrogen-bond donors (Lipinski definition) is 1. The van der Waals surface area contributed by atoms with Gasteiger partial charge in [-0.1, -0.05) is 42.5 Å². The molecule has 0 fully saturated rings. The van der Waals surface area contributed by atoms with E-state index < -0.39 is 4.92 Å². The maximum atomic E-state index is 11.1. The highest BCUT2D eigenvalue weighted by molar-refractivity contribution is 7.71. The summed E-state index contributed by atoms with van der Waals surface area (Å²) in [5.74, 6) is 0.397. The van der Waals surface area contributed by atoms with Crippen molar-refractivity contribution < 1.29 is 4.92 Å². The molecule has 0 saturated heterocycles. The quantitative estimate of drug-likeness (QED) is 0.454. The molecule has 3 rings (SSSR count). The van der Waals surface area contributed by atoms with Crippen molar-refractivity contribution in [2.45, 2.75) is 6.54 Å². The lowest BCUT2D eigenvalue weighted by molar-refractivity contribution is -0.384. The van der Waals surface area contributed by atoms with Crippen LogP contribution in [0.2, 0.25) is 0 Å². The first-order chi connectivity index (χ1) is 10.6. The highest BCUT2D eigenvalue weighted by Crippen LogP contribution is 2.26. The summed E-state index contributed by atoms with van der Waals surface area (Å²) in [5, 5.41) is 14.1. The summed E-state index contributed by atoms with van der Waals surface area (Å²) in [5.41, 5.74) is 1.49. The highest BCUT2D eigenvalue weighted by atomic mass is 32.1. The molecule has 6 nitrogen and oxygen atoms in total. The van der Waals surface area contributed by atoms with Crippen LogP contribution in [0.3, 0.4) is 0 Å². The molecule has 1 heterocycles. The maximum Gasteiger partial charge on any atom is 0.280 e. The van der Waals surface area contributed by atoms with Gasteiger partial charge >= 0.3 is 0 Å². The van der Waals surface area contributed by atoms with Gasteiger partial charge in [-0.25, -0.2) is 0 Å². The number of aromatic amines is 1. The van der Waals surface area contributed by atoms with Crippen molar-refractivity contribution in [3.63, 3.8) is 0 Å². The van der Waals surface area contributed by atoms with Crippen molar-refractivity contribution >= 4 is 17.9 Å². The number of nitrogens with zero attached hydrogens (tertiary/aromatic N) is 3. The Morgan fingerprint density at radius 2 is 1.82 bits per heavy atom. The van der Waals surface area contributed by atoms with Crippen molar-refractivity contribution in [1.29, 1.82) is 0 Å². The Labute approximate surface area is 131 Å². The monoisotopic (exact) mass is 312 g/mol. The molecular formula is C15H12N4O2S. The minimum atomic E-state index is -0.428. The van der Waals surface area contributed by atoms with E-state index in [1.807, 2.05) is 30.3 Å². The molecule has 3 aromatic rings. The number of rotatable bonds is 4. The number of nitro groups is 1. The normalized spacial score (nSPS) is 10.5. The molecule has 22 heavy (non-hydrogen) atoms. The van der Waals surface area contributed by atoms with Crippen molar-refractivity contribution in [1.82, 2.24) is 14.8 Å². The van der Waals surface area contributed by atoms with E-state index in [9.17, 15) is 10.1 Å². The second-order valence-electron chi connectivity index (χ2n) is 4.70. The van der Waals surface area contributed by atoms with Gasteiger partial charge in [0.2, 0.25) is 4.77 Å². The van der Waals surface area contributed by atoms with Crippen LogP contribution in [-0.4, -0.2) is 19.7 Å². The molecule has 1 N–H and O–H groups in total. The molecule has 0 spiro atoms. The Morgan fingerprint density at radius 3 is 2.55 bits per heavy atom. The Balaban J connectivity index is 2.00. The van der Waals surface area contributed by atoms with E-state index in [4.69, 9.17) is 12.2 Å². The van der Waals surface area contributed by atoms with E-state index in [0.717, 1.165) is 5.56 Å². The van der Waals surface area contributed by atoms with Gasteiger partial charge in [0.25, 0.3) is 5.69 Å². The molecule has 0 aliphatic heterocycles. The maximum absolute atomic E-state index is 11.1. The van der Waals surface area contributed by atoms with E-state index >= 15 is 0 Å². The van der Waals surface area contributed by atoms with Gasteiger partial charge in [0.15, 0.2) is 5.82 Å². The molecule has 0 atom stereocenters. The van der Waals surface area contributed by atoms with Gasteiger partial charge in [-0.2, -0.15) is 4.98 Å². The molecule has 110 valence electrons. The standard InChI is InChI=1S/C15H12N4O2S/c20-19(21)13-9-5-4-8-12(13)14-16-15(22)18(17-14)10-11-6-2-1-3-7-11/h1-9H,10H2,(H,16,17,22). The Kier molecular flexibility index (Phi) is 3.80. The average Bonchev–Trinajstić information content (AvgIpc) is 2.89. The summed E-state index contributed by atoms with van der Waals surface area (Å²) in [4.78, 5) is 14.9. The third kappa shape index (κ3) is 2.79. The fourth-order valence-corrected chi connectivity index (χ4v) is 2.38. The van der Waals surface area contributed by atoms with E-state index in [1.54, 1.807) is 22.9 Å². The summed E-state index contributed by atoms with van der Waals surface area (Å²) < 4.78 is 2.05. The number of H-pyrrole nitrogens is 1. The van der Waals surface area contributed by atoms with E-state index in [1.165, 1.54) is 6.07 Å². The number of nitro benzene ring substituents is 1.